The fourth-order valence-corrected chi connectivity index (χ4v) is 5.28. The van der Waals surface area contributed by atoms with Gasteiger partial charge in [0.05, 0.1) is 11.3 Å². The molecule has 4 aromatic rings. The third-order valence-electron chi connectivity index (χ3n) is 6.36. The molecule has 1 saturated heterocycles. The van der Waals surface area contributed by atoms with E-state index in [0.717, 1.165) is 53.2 Å². The van der Waals surface area contributed by atoms with Crippen LogP contribution in [0, 0.1) is 18.3 Å². The summed E-state index contributed by atoms with van der Waals surface area (Å²) in [5.74, 6) is -0.885. The van der Waals surface area contributed by atoms with Gasteiger partial charge in [0.25, 0.3) is 5.89 Å². The number of nitriles is 1. The Morgan fingerprint density at radius 3 is 2.68 bits per heavy atom. The van der Waals surface area contributed by atoms with E-state index in [1.807, 2.05) is 37.3 Å². The van der Waals surface area contributed by atoms with Gasteiger partial charge in [-0.25, -0.2) is 14.8 Å². The summed E-state index contributed by atoms with van der Waals surface area (Å²) in [6.07, 6.45) is 1.01. The molecular formula is C25H23N5O3S. The Hall–Kier alpha value is -3.74. The van der Waals surface area contributed by atoms with Gasteiger partial charge in [-0.1, -0.05) is 30.3 Å². The molecule has 1 unspecified atom stereocenters. The molecule has 0 spiro atoms. The number of nitrogens with zero attached hydrogens (tertiary/aromatic N) is 5. The van der Waals surface area contributed by atoms with Crippen molar-refractivity contribution in [2.24, 2.45) is 0 Å². The molecule has 1 atom stereocenters. The first-order valence-electron chi connectivity index (χ1n) is 10.9. The van der Waals surface area contributed by atoms with Crippen molar-refractivity contribution in [3.05, 3.63) is 52.5 Å². The number of rotatable bonds is 5. The highest BCUT2D eigenvalue weighted by Crippen LogP contribution is 2.45. The molecule has 1 fully saturated rings. The van der Waals surface area contributed by atoms with Crippen molar-refractivity contribution in [2.75, 3.05) is 32.1 Å². The number of oxazole rings is 1. The van der Waals surface area contributed by atoms with Crippen LogP contribution < -0.4 is 4.90 Å². The third-order valence-corrected chi connectivity index (χ3v) is 7.19. The molecule has 2 aromatic carbocycles. The van der Waals surface area contributed by atoms with Gasteiger partial charge in [0, 0.05) is 30.1 Å². The summed E-state index contributed by atoms with van der Waals surface area (Å²) in [7, 11) is 4.17. The molecule has 0 aliphatic carbocycles. The molecule has 5 rings (SSSR count). The monoisotopic (exact) mass is 473 g/mol. The van der Waals surface area contributed by atoms with Crippen LogP contribution in [0.15, 0.2) is 40.1 Å². The minimum atomic E-state index is -1.11. The normalized spacial score (nSPS) is 15.9. The number of carboxylic acid groups (broad SMARTS) is 1. The highest BCUT2D eigenvalue weighted by Gasteiger charge is 2.32. The molecule has 0 amide bonds. The Kier molecular flexibility index (Phi) is 5.55. The minimum absolute atomic E-state index is 0.0579. The number of thiazole rings is 1. The van der Waals surface area contributed by atoms with Crippen molar-refractivity contribution >= 4 is 34.1 Å². The van der Waals surface area contributed by atoms with Crippen molar-refractivity contribution in [2.45, 2.75) is 19.4 Å². The summed E-state index contributed by atoms with van der Waals surface area (Å²) in [4.78, 5) is 24.6. The highest BCUT2D eigenvalue weighted by molar-refractivity contribution is 7.13. The van der Waals surface area contributed by atoms with Crippen LogP contribution in [0.3, 0.4) is 0 Å². The van der Waals surface area contributed by atoms with Gasteiger partial charge in [-0.05, 0) is 38.6 Å². The summed E-state index contributed by atoms with van der Waals surface area (Å²) in [6.45, 7) is 3.62. The van der Waals surface area contributed by atoms with Gasteiger partial charge in [0.15, 0.2) is 16.3 Å². The molecule has 1 aliphatic rings. The molecular weight excluding hydrogens is 450 g/mol. The number of hydrogen-bond donors (Lipinski definition) is 1. The van der Waals surface area contributed by atoms with E-state index in [1.165, 1.54) is 5.38 Å². The maximum Gasteiger partial charge on any atom is 0.355 e. The molecule has 2 aromatic heterocycles. The average molecular weight is 474 g/mol. The number of aromatic carboxylic acids is 1. The third kappa shape index (κ3) is 3.61. The Bertz CT molecular complexity index is 1430. The van der Waals surface area contributed by atoms with Gasteiger partial charge < -0.3 is 19.3 Å². The summed E-state index contributed by atoms with van der Waals surface area (Å²) < 4.78 is 6.28. The minimum Gasteiger partial charge on any atom is -0.476 e. The van der Waals surface area contributed by atoms with E-state index in [1.54, 1.807) is 0 Å². The standard InChI is InChI=1S/C25H23N5O3S/c1-14-17(11-26)20-22(33-23(28-20)24-27-18(13-34-24)25(31)32)21(19(14)15-7-5-4-6-8-15)30-10-9-16(12-30)29(2)3/h4-8,13,16H,9-10,12H2,1-3H3,(H,31,32). The maximum atomic E-state index is 11.3. The van der Waals surface area contributed by atoms with E-state index in [4.69, 9.17) is 4.42 Å². The lowest BCUT2D eigenvalue weighted by molar-refractivity contribution is 0.0691. The number of aromatic nitrogens is 2. The predicted molar refractivity (Wildman–Crippen MR) is 131 cm³/mol. The fraction of sp³-hybridized carbons (Fsp3) is 0.280. The molecule has 9 heteroatoms. The summed E-state index contributed by atoms with van der Waals surface area (Å²) >= 11 is 1.16. The van der Waals surface area contributed by atoms with Crippen LogP contribution in [-0.4, -0.2) is 59.2 Å². The first-order chi connectivity index (χ1) is 16.4. The van der Waals surface area contributed by atoms with E-state index in [0.29, 0.717) is 27.7 Å². The van der Waals surface area contributed by atoms with Gasteiger partial charge in [-0.15, -0.1) is 11.3 Å². The van der Waals surface area contributed by atoms with Gasteiger partial charge >= 0.3 is 5.97 Å². The second-order valence-electron chi connectivity index (χ2n) is 8.59. The maximum absolute atomic E-state index is 11.3. The lowest BCUT2D eigenvalue weighted by atomic mass is 9.93. The zero-order valence-electron chi connectivity index (χ0n) is 19.1. The first-order valence-corrected chi connectivity index (χ1v) is 11.8. The highest BCUT2D eigenvalue weighted by atomic mass is 32.1. The van der Waals surface area contributed by atoms with Crippen molar-refractivity contribution in [1.29, 1.82) is 5.26 Å². The Labute approximate surface area is 200 Å². The molecule has 8 nitrogen and oxygen atoms in total. The second-order valence-corrected chi connectivity index (χ2v) is 9.45. The van der Waals surface area contributed by atoms with Gasteiger partial charge in [0.1, 0.15) is 11.6 Å². The molecule has 1 aliphatic heterocycles. The largest absolute Gasteiger partial charge is 0.476 e. The van der Waals surface area contributed by atoms with Gasteiger partial charge in [-0.3, -0.25) is 0 Å². The van der Waals surface area contributed by atoms with Crippen LogP contribution >= 0.6 is 11.3 Å². The average Bonchev–Trinajstić information content (AvgIpc) is 3.58. The van der Waals surface area contributed by atoms with E-state index < -0.39 is 5.97 Å². The first kappa shape index (κ1) is 22.1. The Balaban J connectivity index is 1.79. The molecule has 0 bridgehead atoms. The van der Waals surface area contributed by atoms with Crippen LogP contribution in [0.4, 0.5) is 5.69 Å². The lowest BCUT2D eigenvalue weighted by Crippen LogP contribution is -2.31. The number of anilines is 1. The van der Waals surface area contributed by atoms with Crippen molar-refractivity contribution in [3.63, 3.8) is 0 Å². The quantitative estimate of drug-likeness (QED) is 0.447. The topological polar surface area (TPSA) is 106 Å². The Morgan fingerprint density at radius 2 is 2.06 bits per heavy atom. The van der Waals surface area contributed by atoms with Gasteiger partial charge in [-0.2, -0.15) is 5.26 Å². The molecule has 0 radical (unpaired) electrons. The van der Waals surface area contributed by atoms with E-state index in [-0.39, 0.29) is 11.6 Å². The lowest BCUT2D eigenvalue weighted by Gasteiger charge is -2.25. The predicted octanol–water partition coefficient (Wildman–Crippen LogP) is 4.64. The zero-order valence-corrected chi connectivity index (χ0v) is 19.9. The number of fused-ring (bicyclic) bond motifs is 1. The summed E-state index contributed by atoms with van der Waals surface area (Å²) in [5.41, 5.74) is 5.11. The van der Waals surface area contributed by atoms with Crippen LogP contribution in [0.25, 0.3) is 33.1 Å². The molecule has 0 saturated carbocycles. The smallest absolute Gasteiger partial charge is 0.355 e. The van der Waals surface area contributed by atoms with E-state index >= 15 is 0 Å². The summed E-state index contributed by atoms with van der Waals surface area (Å²) in [6, 6.07) is 12.7. The van der Waals surface area contributed by atoms with Gasteiger partial charge in [0.2, 0.25) is 0 Å². The molecule has 3 heterocycles. The summed E-state index contributed by atoms with van der Waals surface area (Å²) in [5, 5.41) is 21.2. The zero-order chi connectivity index (χ0) is 24.0. The van der Waals surface area contributed by atoms with Crippen LogP contribution in [0.2, 0.25) is 0 Å². The van der Waals surface area contributed by atoms with E-state index in [2.05, 4.69) is 39.9 Å². The van der Waals surface area contributed by atoms with Crippen molar-refractivity contribution < 1.29 is 14.3 Å². The molecule has 1 N–H and O–H groups in total. The molecule has 34 heavy (non-hydrogen) atoms. The number of carbonyl (C=O) groups is 1. The number of likely N-dealkylation sites (N-methyl/N-ethyl adjacent to an activating group) is 1. The second kappa shape index (κ2) is 8.56. The number of benzene rings is 2. The van der Waals surface area contributed by atoms with E-state index in [9.17, 15) is 15.2 Å². The van der Waals surface area contributed by atoms with Crippen LogP contribution in [0.5, 0.6) is 0 Å². The van der Waals surface area contributed by atoms with Crippen LogP contribution in [0.1, 0.15) is 28.0 Å². The fourth-order valence-electron chi connectivity index (χ4n) is 4.57. The van der Waals surface area contributed by atoms with Crippen LogP contribution in [-0.2, 0) is 0 Å². The number of carboxylic acids is 1. The molecule has 172 valence electrons. The van der Waals surface area contributed by atoms with Crippen molar-refractivity contribution in [3.8, 4) is 28.1 Å². The number of hydrogen-bond acceptors (Lipinski definition) is 8. The Morgan fingerprint density at radius 1 is 1.29 bits per heavy atom. The SMILES string of the molecule is Cc1c(-c2ccccc2)c(N2CCC(N(C)C)C2)c2oc(-c3nc(C(=O)O)cs3)nc2c1C#N. The van der Waals surface area contributed by atoms with Crippen molar-refractivity contribution in [1.82, 2.24) is 14.9 Å².